The number of alkyl halides is 3. The zero-order valence-electron chi connectivity index (χ0n) is 17.7. The van der Waals surface area contributed by atoms with Crippen molar-refractivity contribution >= 4 is 0 Å². The summed E-state index contributed by atoms with van der Waals surface area (Å²) in [6.45, 7) is 6.31. The number of halogens is 3. The van der Waals surface area contributed by atoms with Crippen molar-refractivity contribution in [3.05, 3.63) is 23.3 Å². The van der Waals surface area contributed by atoms with Crippen LogP contribution in [-0.4, -0.2) is 72.0 Å². The van der Waals surface area contributed by atoms with Gasteiger partial charge in [0.1, 0.15) is 6.61 Å². The number of piperidine rings is 1. The molecule has 170 valence electrons. The summed E-state index contributed by atoms with van der Waals surface area (Å²) in [5.74, 6) is 0.464. The van der Waals surface area contributed by atoms with E-state index >= 15 is 0 Å². The van der Waals surface area contributed by atoms with Gasteiger partial charge in [-0.2, -0.15) is 13.2 Å². The Morgan fingerprint density at radius 2 is 1.90 bits per heavy atom. The van der Waals surface area contributed by atoms with Crippen LogP contribution < -0.4 is 9.47 Å². The monoisotopic (exact) mass is 433 g/mol. The fraction of sp³-hybridized carbons (Fsp3) is 0.714. The second kappa shape index (κ2) is 8.53. The van der Waals surface area contributed by atoms with Crippen molar-refractivity contribution in [2.24, 2.45) is 0 Å². The molecule has 2 aliphatic rings. The van der Waals surface area contributed by atoms with E-state index in [1.165, 1.54) is 7.11 Å². The number of nitrogens with zero attached hydrogens (tertiary/aromatic N) is 1. The summed E-state index contributed by atoms with van der Waals surface area (Å²) >= 11 is 0. The number of hydrogen-bond donors (Lipinski definition) is 2. The average Bonchev–Trinajstić information content (AvgIpc) is 2.64. The zero-order chi connectivity index (χ0) is 22.3. The lowest BCUT2D eigenvalue weighted by atomic mass is 9.84. The number of benzene rings is 1. The van der Waals surface area contributed by atoms with Gasteiger partial charge in [0.2, 0.25) is 0 Å². The Morgan fingerprint density at radius 1 is 1.20 bits per heavy atom. The van der Waals surface area contributed by atoms with Crippen LogP contribution >= 0.6 is 0 Å². The minimum absolute atomic E-state index is 0.0349. The van der Waals surface area contributed by atoms with Crippen molar-refractivity contribution in [2.45, 2.75) is 69.7 Å². The van der Waals surface area contributed by atoms with E-state index in [9.17, 15) is 23.4 Å². The van der Waals surface area contributed by atoms with Gasteiger partial charge in [-0.1, -0.05) is 0 Å². The molecule has 2 heterocycles. The van der Waals surface area contributed by atoms with Gasteiger partial charge in [0.05, 0.1) is 24.9 Å². The molecule has 0 saturated carbocycles. The molecular weight excluding hydrogens is 403 g/mol. The first kappa shape index (κ1) is 23.1. The van der Waals surface area contributed by atoms with E-state index in [4.69, 9.17) is 14.2 Å². The fourth-order valence-corrected chi connectivity index (χ4v) is 4.09. The third-order valence-electron chi connectivity index (χ3n) is 5.48. The molecule has 6 nitrogen and oxygen atoms in total. The smallest absolute Gasteiger partial charge is 0.417 e. The van der Waals surface area contributed by atoms with Crippen LogP contribution in [0.3, 0.4) is 0 Å². The van der Waals surface area contributed by atoms with Crippen LogP contribution in [0.4, 0.5) is 13.2 Å². The quantitative estimate of drug-likeness (QED) is 0.744. The van der Waals surface area contributed by atoms with Gasteiger partial charge in [-0.05, 0) is 56.9 Å². The van der Waals surface area contributed by atoms with Crippen molar-refractivity contribution in [3.8, 4) is 11.5 Å². The highest BCUT2D eigenvalue weighted by Gasteiger charge is 2.41. The summed E-state index contributed by atoms with van der Waals surface area (Å²) in [6.07, 6.45) is -7.04. The molecule has 3 rings (SSSR count). The largest absolute Gasteiger partial charge is 0.493 e. The van der Waals surface area contributed by atoms with Crippen molar-refractivity contribution in [1.29, 1.82) is 0 Å². The van der Waals surface area contributed by atoms with E-state index < -0.39 is 25.0 Å². The first-order chi connectivity index (χ1) is 13.9. The third kappa shape index (κ3) is 5.19. The van der Waals surface area contributed by atoms with Gasteiger partial charge in [-0.3, -0.25) is 4.90 Å². The van der Waals surface area contributed by atoms with Gasteiger partial charge >= 0.3 is 6.18 Å². The number of methoxy groups -OCH3 is 1. The van der Waals surface area contributed by atoms with Crippen LogP contribution in [0.1, 0.15) is 44.4 Å². The number of rotatable bonds is 5. The summed E-state index contributed by atoms with van der Waals surface area (Å²) < 4.78 is 54.3. The predicted molar refractivity (Wildman–Crippen MR) is 104 cm³/mol. The Kier molecular flexibility index (Phi) is 6.57. The summed E-state index contributed by atoms with van der Waals surface area (Å²) in [4.78, 5) is 2.26. The lowest BCUT2D eigenvalue weighted by molar-refractivity contribution is -0.210. The first-order valence-electron chi connectivity index (χ1n) is 10.1. The maximum absolute atomic E-state index is 12.6. The molecule has 2 aliphatic heterocycles. The van der Waals surface area contributed by atoms with E-state index in [-0.39, 0.29) is 23.5 Å². The SMILES string of the molecule is COc1cc2c(cc1OC[C@H](O)C(F)(F)F)CCN1CC(OC(C)(C)C)C(O)CC21. The Balaban J connectivity index is 1.79. The topological polar surface area (TPSA) is 71.4 Å². The molecule has 1 saturated heterocycles. The van der Waals surface area contributed by atoms with Crippen LogP contribution in [0.15, 0.2) is 12.1 Å². The molecule has 0 amide bonds. The molecule has 9 heteroatoms. The Morgan fingerprint density at radius 3 is 2.50 bits per heavy atom. The summed E-state index contributed by atoms with van der Waals surface area (Å²) in [5, 5.41) is 19.9. The molecule has 1 fully saturated rings. The highest BCUT2D eigenvalue weighted by Crippen LogP contribution is 2.42. The molecule has 1 aromatic rings. The van der Waals surface area contributed by atoms with E-state index in [0.717, 1.165) is 17.7 Å². The number of aliphatic hydroxyl groups is 2. The second-order valence-corrected chi connectivity index (χ2v) is 8.90. The molecule has 3 unspecified atom stereocenters. The molecule has 4 atom stereocenters. The van der Waals surface area contributed by atoms with E-state index in [1.54, 1.807) is 12.1 Å². The fourth-order valence-electron chi connectivity index (χ4n) is 4.09. The van der Waals surface area contributed by atoms with Gasteiger partial charge in [0.15, 0.2) is 17.6 Å². The average molecular weight is 433 g/mol. The Hall–Kier alpha value is -1.55. The third-order valence-corrected chi connectivity index (χ3v) is 5.48. The van der Waals surface area contributed by atoms with Crippen LogP contribution in [0.5, 0.6) is 11.5 Å². The second-order valence-electron chi connectivity index (χ2n) is 8.90. The Bertz CT molecular complexity index is 749. The number of aliphatic hydroxyl groups excluding tert-OH is 2. The van der Waals surface area contributed by atoms with Crippen LogP contribution in [0.2, 0.25) is 0 Å². The van der Waals surface area contributed by atoms with Gasteiger partial charge < -0.3 is 24.4 Å². The summed E-state index contributed by atoms with van der Waals surface area (Å²) in [7, 11) is 1.41. The molecule has 0 bridgehead atoms. The molecule has 0 radical (unpaired) electrons. The van der Waals surface area contributed by atoms with Crippen molar-refractivity contribution in [2.75, 3.05) is 26.8 Å². The standard InChI is InChI=1S/C21H30F3NO5/c1-20(2,3)30-18-10-25-6-5-12-7-17(29-11-19(27)21(22,23)24)16(28-4)8-13(12)14(25)9-15(18)26/h7-8,14-15,18-19,26-27H,5-6,9-11H2,1-4H3/t14?,15?,18?,19-/m0/s1. The minimum atomic E-state index is -4.74. The van der Waals surface area contributed by atoms with Crippen LogP contribution in [0.25, 0.3) is 0 Å². The molecule has 0 spiro atoms. The lowest BCUT2D eigenvalue weighted by Gasteiger charge is -2.46. The number of hydrogen-bond acceptors (Lipinski definition) is 6. The van der Waals surface area contributed by atoms with E-state index in [0.29, 0.717) is 25.1 Å². The van der Waals surface area contributed by atoms with Gasteiger partial charge in [-0.25, -0.2) is 0 Å². The van der Waals surface area contributed by atoms with Gasteiger partial charge in [-0.15, -0.1) is 0 Å². The lowest BCUT2D eigenvalue weighted by Crippen LogP contribution is -2.53. The predicted octanol–water partition coefficient (Wildman–Crippen LogP) is 2.84. The molecule has 0 aromatic heterocycles. The summed E-state index contributed by atoms with van der Waals surface area (Å²) in [5.41, 5.74) is 1.55. The first-order valence-corrected chi connectivity index (χ1v) is 10.1. The van der Waals surface area contributed by atoms with E-state index in [2.05, 4.69) is 4.90 Å². The maximum atomic E-state index is 12.6. The van der Waals surface area contributed by atoms with Gasteiger partial charge in [0.25, 0.3) is 0 Å². The minimum Gasteiger partial charge on any atom is -0.493 e. The molecule has 2 N–H and O–H groups in total. The normalized spacial score (nSPS) is 26.0. The number of ether oxygens (including phenoxy) is 3. The molecule has 1 aromatic carbocycles. The van der Waals surface area contributed by atoms with Gasteiger partial charge in [0, 0.05) is 19.1 Å². The Labute approximate surface area is 174 Å². The van der Waals surface area contributed by atoms with Crippen LogP contribution in [-0.2, 0) is 11.2 Å². The van der Waals surface area contributed by atoms with Crippen LogP contribution in [0, 0.1) is 0 Å². The summed E-state index contributed by atoms with van der Waals surface area (Å²) in [6, 6.07) is 3.41. The maximum Gasteiger partial charge on any atom is 0.417 e. The molecule has 0 aliphatic carbocycles. The molecular formula is C21H30F3NO5. The highest BCUT2D eigenvalue weighted by molar-refractivity contribution is 5.49. The zero-order valence-corrected chi connectivity index (χ0v) is 17.7. The molecule has 30 heavy (non-hydrogen) atoms. The number of fused-ring (bicyclic) bond motifs is 3. The van der Waals surface area contributed by atoms with Crippen molar-refractivity contribution < 1.29 is 37.6 Å². The van der Waals surface area contributed by atoms with Crippen molar-refractivity contribution in [1.82, 2.24) is 4.90 Å². The highest BCUT2D eigenvalue weighted by atomic mass is 19.4. The van der Waals surface area contributed by atoms with E-state index in [1.807, 2.05) is 20.8 Å². The van der Waals surface area contributed by atoms with Crippen molar-refractivity contribution in [3.63, 3.8) is 0 Å².